The van der Waals surface area contributed by atoms with Gasteiger partial charge in [-0.1, -0.05) is 64.6 Å². The molecule has 0 spiro atoms. The first-order chi connectivity index (χ1) is 16.0. The largest absolute Gasteiger partial charge is 0.465 e. The number of hydrogen-bond donors (Lipinski definition) is 1. The van der Waals surface area contributed by atoms with Crippen molar-refractivity contribution in [3.63, 3.8) is 0 Å². The van der Waals surface area contributed by atoms with Gasteiger partial charge in [0.1, 0.15) is 0 Å². The molecule has 1 N–H and O–H groups in total. The molecular formula is C26H29N3O3S2. The van der Waals surface area contributed by atoms with E-state index >= 15 is 0 Å². The molecule has 3 aromatic rings. The minimum atomic E-state index is -1.00. The fraction of sp³-hybridized carbons (Fsp3) is 0.346. The summed E-state index contributed by atoms with van der Waals surface area (Å²) in [5.74, 6) is 0.0560. The molecule has 0 bridgehead atoms. The number of rotatable bonds is 4. The number of carboxylic acid groups (broad SMARTS) is 1. The van der Waals surface area contributed by atoms with Crippen molar-refractivity contribution in [3.8, 4) is 11.3 Å². The third kappa shape index (κ3) is 4.44. The molecule has 1 atom stereocenters. The van der Waals surface area contributed by atoms with Gasteiger partial charge in [0.25, 0.3) is 0 Å². The first-order valence-electron chi connectivity index (χ1n) is 11.2. The van der Waals surface area contributed by atoms with Gasteiger partial charge in [-0.15, -0.1) is 11.3 Å². The average molecular weight is 496 g/mol. The number of thiazole rings is 1. The Bertz CT molecular complexity index is 1250. The minimum absolute atomic E-state index is 0.0629. The molecule has 178 valence electrons. The maximum atomic E-state index is 12.6. The molecule has 0 unspecified atom stereocenters. The quantitative estimate of drug-likeness (QED) is 0.405. The number of para-hydroxylation sites is 1. The number of benzene rings is 2. The van der Waals surface area contributed by atoms with E-state index in [0.29, 0.717) is 10.8 Å². The minimum Gasteiger partial charge on any atom is -0.465 e. The van der Waals surface area contributed by atoms with Crippen LogP contribution in [0, 0.1) is 11.3 Å². The molecule has 0 fully saturated rings. The highest BCUT2D eigenvalue weighted by Crippen LogP contribution is 2.49. The van der Waals surface area contributed by atoms with E-state index in [1.165, 1.54) is 16.2 Å². The summed E-state index contributed by atoms with van der Waals surface area (Å²) in [7, 11) is 0. The van der Waals surface area contributed by atoms with Gasteiger partial charge >= 0.3 is 6.09 Å². The first-order valence-corrected chi connectivity index (χ1v) is 12.9. The van der Waals surface area contributed by atoms with Crippen molar-refractivity contribution in [1.29, 1.82) is 0 Å². The number of carbonyl (C=O) groups is 2. The van der Waals surface area contributed by atoms with Crippen LogP contribution in [-0.2, 0) is 4.79 Å². The molecule has 4 rings (SSSR count). The standard InChI is InChI=1S/C26H29N3O3S2/c1-15(2)23(26(4,5)6)29(25(31)32)24-27-18(14-33-24)17-11-12-22-20(13-17)28(16(3)30)19-9-7-8-10-21(19)34-22/h7-15,23H,1-6H3,(H,31,32)/t23-/m1/s1. The summed E-state index contributed by atoms with van der Waals surface area (Å²) in [4.78, 5) is 34.8. The van der Waals surface area contributed by atoms with Gasteiger partial charge < -0.3 is 5.11 Å². The normalized spacial score (nSPS) is 13.9. The molecule has 2 heterocycles. The molecule has 0 saturated heterocycles. The molecule has 6 nitrogen and oxygen atoms in total. The number of aromatic nitrogens is 1. The second kappa shape index (κ2) is 9.07. The molecule has 1 aromatic heterocycles. The van der Waals surface area contributed by atoms with Crippen LogP contribution in [-0.4, -0.2) is 28.1 Å². The van der Waals surface area contributed by atoms with Crippen LogP contribution < -0.4 is 9.80 Å². The van der Waals surface area contributed by atoms with Crippen LogP contribution in [0.1, 0.15) is 41.5 Å². The summed E-state index contributed by atoms with van der Waals surface area (Å²) in [6.07, 6.45) is -1.00. The number of nitrogens with zero attached hydrogens (tertiary/aromatic N) is 3. The number of hydrogen-bond acceptors (Lipinski definition) is 5. The lowest BCUT2D eigenvalue weighted by atomic mass is 9.79. The molecule has 1 aliphatic heterocycles. The third-order valence-electron chi connectivity index (χ3n) is 5.84. The zero-order valence-corrected chi connectivity index (χ0v) is 21.8. The lowest BCUT2D eigenvalue weighted by Crippen LogP contribution is -2.50. The molecule has 2 amide bonds. The van der Waals surface area contributed by atoms with Gasteiger partial charge in [0.05, 0.1) is 17.1 Å². The highest BCUT2D eigenvalue weighted by atomic mass is 32.2. The second-order valence-corrected chi connectivity index (χ2v) is 11.7. The zero-order valence-electron chi connectivity index (χ0n) is 20.2. The van der Waals surface area contributed by atoms with Gasteiger partial charge in [-0.3, -0.25) is 9.69 Å². The van der Waals surface area contributed by atoms with Crippen molar-refractivity contribution in [2.45, 2.75) is 57.4 Å². The Morgan fingerprint density at radius 3 is 2.35 bits per heavy atom. The Kier molecular flexibility index (Phi) is 6.48. The summed E-state index contributed by atoms with van der Waals surface area (Å²) < 4.78 is 0. The first kappa shape index (κ1) is 24.3. The summed E-state index contributed by atoms with van der Waals surface area (Å²) >= 11 is 2.96. The fourth-order valence-electron chi connectivity index (χ4n) is 4.77. The summed E-state index contributed by atoms with van der Waals surface area (Å²) in [6, 6.07) is 13.6. The molecule has 0 radical (unpaired) electrons. The smallest absolute Gasteiger partial charge is 0.413 e. The van der Waals surface area contributed by atoms with Crippen LogP contribution >= 0.6 is 23.1 Å². The Morgan fingerprint density at radius 2 is 1.74 bits per heavy atom. The summed E-state index contributed by atoms with van der Waals surface area (Å²) in [6.45, 7) is 11.8. The van der Waals surface area contributed by atoms with Crippen molar-refractivity contribution in [3.05, 3.63) is 47.8 Å². The topological polar surface area (TPSA) is 73.7 Å². The molecule has 0 aliphatic carbocycles. The third-order valence-corrected chi connectivity index (χ3v) is 7.81. The zero-order chi connectivity index (χ0) is 24.8. The van der Waals surface area contributed by atoms with E-state index in [1.54, 1.807) is 23.6 Å². The van der Waals surface area contributed by atoms with Gasteiger partial charge in [0.2, 0.25) is 5.91 Å². The molecule has 2 aromatic carbocycles. The van der Waals surface area contributed by atoms with Crippen molar-refractivity contribution in [2.24, 2.45) is 11.3 Å². The fourth-order valence-corrected chi connectivity index (χ4v) is 6.67. The Labute approximate surface area is 208 Å². The predicted octanol–water partition coefficient (Wildman–Crippen LogP) is 7.51. The Hall–Kier alpha value is -2.84. The van der Waals surface area contributed by atoms with Crippen LogP contribution in [0.4, 0.5) is 21.3 Å². The molecule has 34 heavy (non-hydrogen) atoms. The number of fused-ring (bicyclic) bond motifs is 2. The van der Waals surface area contributed by atoms with E-state index in [1.807, 2.05) is 61.7 Å². The van der Waals surface area contributed by atoms with Crippen molar-refractivity contribution >= 4 is 51.6 Å². The van der Waals surface area contributed by atoms with Crippen molar-refractivity contribution in [1.82, 2.24) is 4.98 Å². The number of anilines is 3. The lowest BCUT2D eigenvalue weighted by Gasteiger charge is -2.40. The van der Waals surface area contributed by atoms with E-state index in [2.05, 4.69) is 20.8 Å². The second-order valence-electron chi connectivity index (χ2n) is 9.83. The van der Waals surface area contributed by atoms with Crippen LogP contribution in [0.25, 0.3) is 11.3 Å². The number of amides is 2. The number of carbonyl (C=O) groups excluding carboxylic acids is 1. The van der Waals surface area contributed by atoms with Gasteiger partial charge in [0, 0.05) is 33.7 Å². The molecule has 0 saturated carbocycles. The Morgan fingerprint density at radius 1 is 1.06 bits per heavy atom. The molecule has 8 heteroatoms. The maximum absolute atomic E-state index is 12.6. The maximum Gasteiger partial charge on any atom is 0.413 e. The van der Waals surface area contributed by atoms with Crippen molar-refractivity contribution in [2.75, 3.05) is 9.80 Å². The van der Waals surface area contributed by atoms with E-state index < -0.39 is 6.09 Å². The van der Waals surface area contributed by atoms with Gasteiger partial charge in [-0.05, 0) is 35.6 Å². The van der Waals surface area contributed by atoms with Crippen LogP contribution in [0.5, 0.6) is 0 Å². The SMILES string of the molecule is CC(=O)N1c2ccccc2Sc2ccc(-c3csc(N(C(=O)O)[C@H](C(C)C)C(C)(C)C)n3)cc21. The van der Waals surface area contributed by atoms with Crippen molar-refractivity contribution < 1.29 is 14.7 Å². The highest BCUT2D eigenvalue weighted by Gasteiger charge is 2.38. The van der Waals surface area contributed by atoms with Crippen LogP contribution in [0.3, 0.4) is 0 Å². The highest BCUT2D eigenvalue weighted by molar-refractivity contribution is 7.99. The monoisotopic (exact) mass is 495 g/mol. The predicted molar refractivity (Wildman–Crippen MR) is 140 cm³/mol. The van der Waals surface area contributed by atoms with E-state index in [9.17, 15) is 14.7 Å². The van der Waals surface area contributed by atoms with E-state index in [4.69, 9.17) is 4.98 Å². The van der Waals surface area contributed by atoms with E-state index in [-0.39, 0.29) is 23.3 Å². The molecule has 1 aliphatic rings. The average Bonchev–Trinajstić information content (AvgIpc) is 3.23. The van der Waals surface area contributed by atoms with E-state index in [0.717, 1.165) is 26.7 Å². The van der Waals surface area contributed by atoms with Crippen LogP contribution in [0.15, 0.2) is 57.6 Å². The van der Waals surface area contributed by atoms with Gasteiger partial charge in [0.15, 0.2) is 5.13 Å². The van der Waals surface area contributed by atoms with Gasteiger partial charge in [-0.25, -0.2) is 14.7 Å². The van der Waals surface area contributed by atoms with Crippen LogP contribution in [0.2, 0.25) is 0 Å². The molecular weight excluding hydrogens is 466 g/mol. The summed E-state index contributed by atoms with van der Waals surface area (Å²) in [5, 5.41) is 12.4. The Balaban J connectivity index is 1.75. The lowest BCUT2D eigenvalue weighted by molar-refractivity contribution is -0.115. The van der Waals surface area contributed by atoms with Gasteiger partial charge in [-0.2, -0.15) is 0 Å². The summed E-state index contributed by atoms with van der Waals surface area (Å²) in [5.41, 5.74) is 2.96.